The normalized spacial score (nSPS) is 21.1. The van der Waals surface area contributed by atoms with Crippen molar-refractivity contribution < 1.29 is 14.0 Å². The van der Waals surface area contributed by atoms with Crippen LogP contribution in [0.3, 0.4) is 0 Å². The third-order valence-corrected chi connectivity index (χ3v) is 5.33. The highest BCUT2D eigenvalue weighted by molar-refractivity contribution is 5.79. The van der Waals surface area contributed by atoms with Gasteiger partial charge in [-0.05, 0) is 31.9 Å². The van der Waals surface area contributed by atoms with E-state index in [4.69, 9.17) is 4.42 Å². The van der Waals surface area contributed by atoms with Crippen LogP contribution in [0.4, 0.5) is 4.79 Å². The number of nitrogens with zero attached hydrogens (tertiary/aromatic N) is 2. The van der Waals surface area contributed by atoms with Crippen LogP contribution >= 0.6 is 0 Å². The van der Waals surface area contributed by atoms with Crippen molar-refractivity contribution in [1.29, 1.82) is 0 Å². The monoisotopic (exact) mass is 347 g/mol. The molecule has 6 heteroatoms. The van der Waals surface area contributed by atoms with Gasteiger partial charge >= 0.3 is 6.03 Å². The lowest BCUT2D eigenvalue weighted by molar-refractivity contribution is -0.129. The second kappa shape index (κ2) is 7.93. The topological polar surface area (TPSA) is 65.8 Å². The number of carbonyl (C=O) groups is 2. The molecule has 3 rings (SSSR count). The maximum absolute atomic E-state index is 12.3. The first-order valence-electron chi connectivity index (χ1n) is 9.36. The molecule has 0 unspecified atom stereocenters. The number of aryl methyl sites for hydroxylation is 1. The number of likely N-dealkylation sites (tertiary alicyclic amines) is 1. The Kier molecular flexibility index (Phi) is 5.66. The Hall–Kier alpha value is -1.98. The molecule has 3 amide bonds. The van der Waals surface area contributed by atoms with Crippen molar-refractivity contribution in [3.05, 3.63) is 23.7 Å². The largest absolute Gasteiger partial charge is 0.466 e. The number of carbonyl (C=O) groups excluding carboxylic acids is 2. The van der Waals surface area contributed by atoms with Crippen LogP contribution in [0.1, 0.15) is 43.6 Å². The summed E-state index contributed by atoms with van der Waals surface area (Å²) >= 11 is 0. The van der Waals surface area contributed by atoms with Gasteiger partial charge in [0.1, 0.15) is 11.5 Å². The number of urea groups is 1. The van der Waals surface area contributed by atoms with Gasteiger partial charge in [0.2, 0.25) is 5.91 Å². The summed E-state index contributed by atoms with van der Waals surface area (Å²) in [5.41, 5.74) is 0. The second-order valence-corrected chi connectivity index (χ2v) is 7.43. The van der Waals surface area contributed by atoms with E-state index < -0.39 is 0 Å². The predicted octanol–water partition coefficient (Wildman–Crippen LogP) is 2.56. The molecule has 1 saturated carbocycles. The van der Waals surface area contributed by atoms with Gasteiger partial charge in [0.25, 0.3) is 0 Å². The van der Waals surface area contributed by atoms with Crippen LogP contribution in [0.5, 0.6) is 0 Å². The zero-order valence-electron chi connectivity index (χ0n) is 15.3. The van der Waals surface area contributed by atoms with Crippen molar-refractivity contribution in [3.8, 4) is 0 Å². The minimum Gasteiger partial charge on any atom is -0.466 e. The number of nitrogens with one attached hydrogen (secondary N) is 1. The summed E-state index contributed by atoms with van der Waals surface area (Å²) in [4.78, 5) is 28.2. The standard InChI is InChI=1S/C19H29N3O3/c1-14-7-8-17(25-14)9-10-20-19(24)21(2)12-15-11-18(23)22(13-15)16-5-3-4-6-16/h7-8,15-16H,3-6,9-13H2,1-2H3,(H,20,24)/t15-/m0/s1. The highest BCUT2D eigenvalue weighted by atomic mass is 16.3. The zero-order valence-corrected chi connectivity index (χ0v) is 15.3. The van der Waals surface area contributed by atoms with Gasteiger partial charge < -0.3 is 19.5 Å². The Morgan fingerprint density at radius 2 is 2.12 bits per heavy atom. The molecule has 0 radical (unpaired) electrons. The van der Waals surface area contributed by atoms with Crippen LogP contribution in [0.25, 0.3) is 0 Å². The fourth-order valence-corrected chi connectivity index (χ4v) is 4.02. The molecule has 1 aromatic heterocycles. The van der Waals surface area contributed by atoms with E-state index >= 15 is 0 Å². The molecule has 1 atom stereocenters. The molecule has 25 heavy (non-hydrogen) atoms. The summed E-state index contributed by atoms with van der Waals surface area (Å²) in [5.74, 6) is 2.28. The third kappa shape index (κ3) is 4.55. The number of furan rings is 1. The van der Waals surface area contributed by atoms with Gasteiger partial charge in [-0.15, -0.1) is 0 Å². The lowest BCUT2D eigenvalue weighted by Crippen LogP contribution is -2.41. The van der Waals surface area contributed by atoms with Gasteiger partial charge in [-0.3, -0.25) is 4.79 Å². The highest BCUT2D eigenvalue weighted by Crippen LogP contribution is 2.29. The first-order valence-corrected chi connectivity index (χ1v) is 9.36. The lowest BCUT2D eigenvalue weighted by Gasteiger charge is -2.25. The molecule has 1 saturated heterocycles. The van der Waals surface area contributed by atoms with Gasteiger partial charge in [-0.25, -0.2) is 4.79 Å². The Labute approximate surface area is 149 Å². The number of hydrogen-bond acceptors (Lipinski definition) is 3. The maximum atomic E-state index is 12.3. The first-order chi connectivity index (χ1) is 12.0. The van der Waals surface area contributed by atoms with Crippen LogP contribution in [0.15, 0.2) is 16.5 Å². The average Bonchev–Trinajstić information content (AvgIpc) is 3.29. The van der Waals surface area contributed by atoms with Gasteiger partial charge in [0, 0.05) is 51.5 Å². The average molecular weight is 347 g/mol. The van der Waals surface area contributed by atoms with Crippen molar-refractivity contribution >= 4 is 11.9 Å². The number of hydrogen-bond donors (Lipinski definition) is 1. The molecule has 2 aliphatic rings. The van der Waals surface area contributed by atoms with Crippen LogP contribution < -0.4 is 5.32 Å². The van der Waals surface area contributed by atoms with Crippen LogP contribution in [0.2, 0.25) is 0 Å². The minimum atomic E-state index is -0.0879. The van der Waals surface area contributed by atoms with E-state index in [0.29, 0.717) is 32.0 Å². The minimum absolute atomic E-state index is 0.0879. The van der Waals surface area contributed by atoms with E-state index in [0.717, 1.165) is 30.9 Å². The SMILES string of the molecule is Cc1ccc(CCNC(=O)N(C)C[C@@H]2CC(=O)N(C3CCCC3)C2)o1. The summed E-state index contributed by atoms with van der Waals surface area (Å²) in [6.45, 7) is 3.88. The zero-order chi connectivity index (χ0) is 17.8. The third-order valence-electron chi connectivity index (χ3n) is 5.33. The Balaban J connectivity index is 1.40. The van der Waals surface area contributed by atoms with Crippen molar-refractivity contribution in [2.24, 2.45) is 5.92 Å². The van der Waals surface area contributed by atoms with E-state index in [1.54, 1.807) is 11.9 Å². The second-order valence-electron chi connectivity index (χ2n) is 7.43. The summed E-state index contributed by atoms with van der Waals surface area (Å²) < 4.78 is 5.50. The highest BCUT2D eigenvalue weighted by Gasteiger charge is 2.36. The molecular weight excluding hydrogens is 318 g/mol. The Bertz CT molecular complexity index is 607. The molecule has 2 fully saturated rings. The molecule has 2 heterocycles. The number of amides is 3. The molecule has 138 valence electrons. The van der Waals surface area contributed by atoms with Crippen LogP contribution in [-0.4, -0.2) is 54.5 Å². The summed E-state index contributed by atoms with van der Waals surface area (Å²) in [6, 6.07) is 4.21. The molecule has 1 aromatic rings. The smallest absolute Gasteiger partial charge is 0.317 e. The maximum Gasteiger partial charge on any atom is 0.317 e. The van der Waals surface area contributed by atoms with E-state index in [2.05, 4.69) is 10.2 Å². The number of rotatable bonds is 6. The van der Waals surface area contributed by atoms with Gasteiger partial charge in [0.05, 0.1) is 0 Å². The molecule has 1 aliphatic carbocycles. The summed E-state index contributed by atoms with van der Waals surface area (Å²) in [5, 5.41) is 2.92. The Morgan fingerprint density at radius 1 is 1.36 bits per heavy atom. The molecule has 0 spiro atoms. The van der Waals surface area contributed by atoms with E-state index in [1.165, 1.54) is 12.8 Å². The first kappa shape index (κ1) is 17.8. The molecule has 0 bridgehead atoms. The van der Waals surface area contributed by atoms with E-state index in [9.17, 15) is 9.59 Å². The Morgan fingerprint density at radius 3 is 2.80 bits per heavy atom. The fraction of sp³-hybridized carbons (Fsp3) is 0.684. The molecule has 0 aromatic carbocycles. The van der Waals surface area contributed by atoms with Crippen LogP contribution in [0, 0.1) is 12.8 Å². The summed E-state index contributed by atoms with van der Waals surface area (Å²) in [6.07, 6.45) is 6.00. The van der Waals surface area contributed by atoms with Crippen LogP contribution in [-0.2, 0) is 11.2 Å². The van der Waals surface area contributed by atoms with Crippen molar-refractivity contribution in [2.45, 2.75) is 51.5 Å². The fourth-order valence-electron chi connectivity index (χ4n) is 4.02. The van der Waals surface area contributed by atoms with Crippen molar-refractivity contribution in [1.82, 2.24) is 15.1 Å². The molecule has 1 N–H and O–H groups in total. The van der Waals surface area contributed by atoms with E-state index in [-0.39, 0.29) is 17.9 Å². The van der Waals surface area contributed by atoms with Crippen molar-refractivity contribution in [3.63, 3.8) is 0 Å². The predicted molar refractivity (Wildman–Crippen MR) is 95.3 cm³/mol. The van der Waals surface area contributed by atoms with Crippen molar-refractivity contribution in [2.75, 3.05) is 26.7 Å². The summed E-state index contributed by atoms with van der Waals surface area (Å²) in [7, 11) is 1.80. The lowest BCUT2D eigenvalue weighted by atomic mass is 10.1. The van der Waals surface area contributed by atoms with Gasteiger partial charge in [0.15, 0.2) is 0 Å². The quantitative estimate of drug-likeness (QED) is 0.860. The molecule has 6 nitrogen and oxygen atoms in total. The van der Waals surface area contributed by atoms with Gasteiger partial charge in [-0.1, -0.05) is 12.8 Å². The molecular formula is C19H29N3O3. The van der Waals surface area contributed by atoms with Gasteiger partial charge in [-0.2, -0.15) is 0 Å². The van der Waals surface area contributed by atoms with E-state index in [1.807, 2.05) is 19.1 Å². The molecule has 1 aliphatic heterocycles.